The van der Waals surface area contributed by atoms with Crippen LogP contribution >= 0.6 is 11.3 Å². The summed E-state index contributed by atoms with van der Waals surface area (Å²) in [4.78, 5) is 14.5. The summed E-state index contributed by atoms with van der Waals surface area (Å²) in [5.41, 5.74) is 5.21. The topological polar surface area (TPSA) is 45.5 Å². The standard InChI is InChI=1S/C33H47N3O2S.BrH/c1-3-4-5-6-7-8-9-10-11-12-13-14-23-38-32-17-15-16-30(25-32)27-36(33(37)34-2)31-20-18-29(19-21-31)26-35-22-24-39-28-35;/h15-22,24-25,28H,3-14,23,26-27H2,1-2H3;1H. The maximum Gasteiger partial charge on any atom is 0.321 e. The summed E-state index contributed by atoms with van der Waals surface area (Å²) in [6.45, 7) is 4.32. The van der Waals surface area contributed by atoms with Crippen LogP contribution in [0.2, 0.25) is 0 Å². The third-order valence-corrected chi connectivity index (χ3v) is 7.78. The van der Waals surface area contributed by atoms with Crippen molar-refractivity contribution in [3.63, 3.8) is 0 Å². The number of carbonyl (C=O) groups excluding carboxylic acids is 1. The molecule has 3 aromatic rings. The molecule has 7 heteroatoms. The van der Waals surface area contributed by atoms with Crippen molar-refractivity contribution in [2.45, 2.75) is 97.1 Å². The smallest absolute Gasteiger partial charge is 0.321 e. The number of rotatable bonds is 19. The second-order valence-electron chi connectivity index (χ2n) is 10.4. The van der Waals surface area contributed by atoms with Gasteiger partial charge in [0.1, 0.15) is 5.75 Å². The van der Waals surface area contributed by atoms with Gasteiger partial charge in [0.15, 0.2) is 12.7 Å². The largest absolute Gasteiger partial charge is 1.00 e. The third-order valence-electron chi connectivity index (χ3n) is 7.11. The fourth-order valence-corrected chi connectivity index (χ4v) is 5.41. The van der Waals surface area contributed by atoms with Crippen molar-refractivity contribution in [3.8, 4) is 5.75 Å². The van der Waals surface area contributed by atoms with Gasteiger partial charge in [0.25, 0.3) is 0 Å². The Balaban J connectivity index is 0.00000560. The number of amides is 2. The van der Waals surface area contributed by atoms with Gasteiger partial charge >= 0.3 is 6.03 Å². The predicted molar refractivity (Wildman–Crippen MR) is 164 cm³/mol. The van der Waals surface area contributed by atoms with Gasteiger partial charge in [-0.05, 0) is 36.2 Å². The first-order valence-electron chi connectivity index (χ1n) is 14.9. The summed E-state index contributed by atoms with van der Waals surface area (Å²) < 4.78 is 8.21. The number of benzene rings is 2. The van der Waals surface area contributed by atoms with Gasteiger partial charge in [-0.25, -0.2) is 4.79 Å². The average Bonchev–Trinajstić information content (AvgIpc) is 3.48. The van der Waals surface area contributed by atoms with Gasteiger partial charge in [-0.1, -0.05) is 113 Å². The maximum atomic E-state index is 12.7. The monoisotopic (exact) mass is 629 g/mol. The minimum absolute atomic E-state index is 0. The second-order valence-corrected chi connectivity index (χ2v) is 11.1. The molecule has 0 spiro atoms. The first kappa shape index (κ1) is 33.8. The number of hydrogen-bond donors (Lipinski definition) is 1. The lowest BCUT2D eigenvalue weighted by molar-refractivity contribution is -0.683. The number of nitrogens with one attached hydrogen (secondary N) is 1. The van der Waals surface area contributed by atoms with Crippen molar-refractivity contribution in [1.29, 1.82) is 0 Å². The Morgan fingerprint density at radius 1 is 0.875 bits per heavy atom. The number of urea groups is 1. The normalized spacial score (nSPS) is 10.7. The van der Waals surface area contributed by atoms with Crippen molar-refractivity contribution >= 4 is 23.1 Å². The van der Waals surface area contributed by atoms with Crippen LogP contribution in [0.1, 0.15) is 95.1 Å². The van der Waals surface area contributed by atoms with Crippen LogP contribution in [0.4, 0.5) is 10.5 Å². The Labute approximate surface area is 256 Å². The molecule has 5 nitrogen and oxygen atoms in total. The predicted octanol–water partition coefficient (Wildman–Crippen LogP) is 5.51. The summed E-state index contributed by atoms with van der Waals surface area (Å²) in [5, 5.41) is 4.85. The number of thiazole rings is 1. The first-order chi connectivity index (χ1) is 19.2. The van der Waals surface area contributed by atoms with Crippen LogP contribution in [0.5, 0.6) is 5.75 Å². The Morgan fingerprint density at radius 2 is 1.52 bits per heavy atom. The minimum Gasteiger partial charge on any atom is -1.00 e. The number of carbonyl (C=O) groups is 1. The van der Waals surface area contributed by atoms with Crippen LogP contribution in [0.3, 0.4) is 0 Å². The quantitative estimate of drug-likeness (QED) is 0.140. The van der Waals surface area contributed by atoms with Crippen molar-refractivity contribution < 1.29 is 31.1 Å². The van der Waals surface area contributed by atoms with Crippen LogP contribution in [0.15, 0.2) is 65.6 Å². The lowest BCUT2D eigenvalue weighted by Gasteiger charge is -2.23. The zero-order chi connectivity index (χ0) is 27.5. The summed E-state index contributed by atoms with van der Waals surface area (Å²) >= 11 is 1.68. The summed E-state index contributed by atoms with van der Waals surface area (Å²) in [7, 11) is 1.67. The zero-order valence-electron chi connectivity index (χ0n) is 24.5. The fraction of sp³-hybridized carbons (Fsp3) is 0.515. The van der Waals surface area contributed by atoms with Gasteiger partial charge in [0, 0.05) is 18.3 Å². The van der Waals surface area contributed by atoms with Crippen molar-refractivity contribution in [2.75, 3.05) is 18.6 Å². The Kier molecular flexibility index (Phi) is 17.3. The SMILES string of the molecule is CCCCCCCCCCCCCCOc1cccc(CN(C(=O)NC)c2ccc(C[n+]3ccsc3)cc2)c1.[Br-]. The molecule has 0 aliphatic rings. The van der Waals surface area contributed by atoms with E-state index in [0.29, 0.717) is 6.54 Å². The summed E-state index contributed by atoms with van der Waals surface area (Å²) in [6, 6.07) is 16.2. The number of aromatic nitrogens is 1. The third kappa shape index (κ3) is 12.9. The molecule has 40 heavy (non-hydrogen) atoms. The van der Waals surface area contributed by atoms with E-state index in [0.717, 1.165) is 36.6 Å². The number of nitrogens with zero attached hydrogens (tertiary/aromatic N) is 2. The van der Waals surface area contributed by atoms with Crippen LogP contribution in [0, 0.1) is 0 Å². The van der Waals surface area contributed by atoms with E-state index < -0.39 is 0 Å². The molecule has 0 fully saturated rings. The first-order valence-corrected chi connectivity index (χ1v) is 15.8. The molecule has 0 radical (unpaired) electrons. The molecule has 1 aromatic heterocycles. The van der Waals surface area contributed by atoms with E-state index in [-0.39, 0.29) is 23.0 Å². The van der Waals surface area contributed by atoms with Gasteiger partial charge in [-0.15, -0.1) is 0 Å². The second kappa shape index (κ2) is 20.5. The maximum absolute atomic E-state index is 12.7. The number of unbranched alkanes of at least 4 members (excludes halogenated alkanes) is 11. The lowest BCUT2D eigenvalue weighted by atomic mass is 10.1. The number of anilines is 1. The molecule has 0 atom stereocenters. The molecule has 0 aliphatic carbocycles. The molecule has 220 valence electrons. The highest BCUT2D eigenvalue weighted by Crippen LogP contribution is 2.21. The van der Waals surface area contributed by atoms with Crippen LogP contribution in [0.25, 0.3) is 0 Å². The molecule has 0 bridgehead atoms. The molecule has 2 amide bonds. The average molecular weight is 631 g/mol. The molecule has 0 aliphatic heterocycles. The van der Waals surface area contributed by atoms with E-state index >= 15 is 0 Å². The summed E-state index contributed by atoms with van der Waals surface area (Å²) in [5.74, 6) is 0.871. The number of halogens is 1. The van der Waals surface area contributed by atoms with E-state index in [1.54, 1.807) is 23.3 Å². The molecule has 1 N–H and O–H groups in total. The van der Waals surface area contributed by atoms with Crippen molar-refractivity contribution in [1.82, 2.24) is 5.32 Å². The van der Waals surface area contributed by atoms with Gasteiger partial charge in [0.05, 0.1) is 18.5 Å². The van der Waals surface area contributed by atoms with Crippen molar-refractivity contribution in [2.24, 2.45) is 0 Å². The van der Waals surface area contributed by atoms with Gasteiger partial charge in [0.2, 0.25) is 5.51 Å². The highest BCUT2D eigenvalue weighted by atomic mass is 79.9. The van der Waals surface area contributed by atoms with E-state index in [9.17, 15) is 4.79 Å². The summed E-state index contributed by atoms with van der Waals surface area (Å²) in [6.07, 6.45) is 18.1. The Morgan fingerprint density at radius 3 is 2.12 bits per heavy atom. The minimum atomic E-state index is -0.127. The highest BCUT2D eigenvalue weighted by molar-refractivity contribution is 7.07. The Hall–Kier alpha value is -2.38. The molecular weight excluding hydrogens is 582 g/mol. The van der Waals surface area contributed by atoms with E-state index in [2.05, 4.69) is 52.1 Å². The molecular formula is C33H48BrN3O2S. The van der Waals surface area contributed by atoms with Gasteiger partial charge in [-0.2, -0.15) is 4.57 Å². The van der Waals surface area contributed by atoms with Crippen LogP contribution in [-0.2, 0) is 13.1 Å². The van der Waals surface area contributed by atoms with Gasteiger partial charge < -0.3 is 27.0 Å². The fourth-order valence-electron chi connectivity index (χ4n) is 4.81. The lowest BCUT2D eigenvalue weighted by Crippen LogP contribution is -3.00. The molecule has 0 saturated carbocycles. The zero-order valence-corrected chi connectivity index (χ0v) is 26.9. The van der Waals surface area contributed by atoms with Crippen LogP contribution < -0.4 is 36.5 Å². The van der Waals surface area contributed by atoms with E-state index in [4.69, 9.17) is 4.74 Å². The number of ether oxygens (including phenoxy) is 1. The molecule has 0 saturated heterocycles. The Bertz CT molecular complexity index is 1060. The van der Waals surface area contributed by atoms with Gasteiger partial charge in [-0.3, -0.25) is 4.90 Å². The number of hydrogen-bond acceptors (Lipinski definition) is 3. The van der Waals surface area contributed by atoms with Crippen molar-refractivity contribution in [3.05, 3.63) is 76.7 Å². The molecule has 1 heterocycles. The van der Waals surface area contributed by atoms with E-state index in [1.165, 1.54) is 76.2 Å². The van der Waals surface area contributed by atoms with E-state index in [1.807, 2.05) is 30.3 Å². The molecule has 0 unspecified atom stereocenters. The molecule has 2 aromatic carbocycles. The molecule has 3 rings (SSSR count). The highest BCUT2D eigenvalue weighted by Gasteiger charge is 2.16. The van der Waals surface area contributed by atoms with Crippen LogP contribution in [-0.4, -0.2) is 19.7 Å².